The summed E-state index contributed by atoms with van der Waals surface area (Å²) in [7, 11) is 0. The van der Waals surface area contributed by atoms with E-state index in [1.54, 1.807) is 4.90 Å². The van der Waals surface area contributed by atoms with Gasteiger partial charge in [0, 0.05) is 22.3 Å². The van der Waals surface area contributed by atoms with Crippen LogP contribution in [0.4, 0.5) is 5.82 Å². The predicted octanol–water partition coefficient (Wildman–Crippen LogP) is 1.99. The Morgan fingerprint density at radius 2 is 2.00 bits per heavy atom. The van der Waals surface area contributed by atoms with E-state index in [2.05, 4.69) is 5.32 Å². The number of nitrogens with zero attached hydrogens (tertiary/aromatic N) is 3. The van der Waals surface area contributed by atoms with E-state index in [-0.39, 0.29) is 0 Å². The lowest BCUT2D eigenvalue weighted by atomic mass is 10.1. The van der Waals surface area contributed by atoms with Crippen LogP contribution in [0, 0.1) is 13.8 Å². The van der Waals surface area contributed by atoms with Gasteiger partial charge in [0.05, 0.1) is 37.6 Å². The molecular weight excluding hydrogens is 362 g/mol. The zero-order chi connectivity index (χ0) is 18.8. The Labute approximate surface area is 164 Å². The molecule has 0 bridgehead atoms. The fourth-order valence-electron chi connectivity index (χ4n) is 3.63. The number of quaternary nitrogens is 1. The summed E-state index contributed by atoms with van der Waals surface area (Å²) in [5.41, 5.74) is 4.67. The first-order valence-corrected chi connectivity index (χ1v) is 9.78. The molecular formula is C20H25ClN5O+. The van der Waals surface area contributed by atoms with Crippen molar-refractivity contribution in [1.29, 1.82) is 0 Å². The summed E-state index contributed by atoms with van der Waals surface area (Å²) in [4.78, 5) is 6.33. The Bertz CT molecular complexity index is 949. The van der Waals surface area contributed by atoms with Crippen molar-refractivity contribution in [2.75, 3.05) is 44.7 Å². The maximum Gasteiger partial charge on any atom is 0.165 e. The van der Waals surface area contributed by atoms with Gasteiger partial charge in [0.2, 0.25) is 0 Å². The van der Waals surface area contributed by atoms with Crippen molar-refractivity contribution in [2.24, 2.45) is 0 Å². The largest absolute Gasteiger partial charge is 0.370 e. The highest BCUT2D eigenvalue weighted by molar-refractivity contribution is 6.33. The highest BCUT2D eigenvalue weighted by atomic mass is 35.5. The summed E-state index contributed by atoms with van der Waals surface area (Å²) >= 11 is 6.44. The number of anilines is 1. The minimum atomic E-state index is 0.712. The van der Waals surface area contributed by atoms with Crippen LogP contribution in [-0.4, -0.2) is 54.0 Å². The van der Waals surface area contributed by atoms with Crippen molar-refractivity contribution in [1.82, 2.24) is 14.6 Å². The lowest BCUT2D eigenvalue weighted by Crippen LogP contribution is -3.14. The monoisotopic (exact) mass is 386 g/mol. The minimum absolute atomic E-state index is 0.712. The Balaban J connectivity index is 1.64. The number of aryl methyl sites for hydroxylation is 2. The SMILES string of the molecule is Cc1cc(NCC[NH+]2CCOCC2)n2nc(C)c(-c3ccccc3Cl)c2n1. The summed E-state index contributed by atoms with van der Waals surface area (Å²) in [5, 5.41) is 9.00. The normalized spacial score (nSPS) is 15.4. The van der Waals surface area contributed by atoms with Crippen LogP contribution in [0.15, 0.2) is 30.3 Å². The molecule has 1 aromatic carbocycles. The zero-order valence-corrected chi connectivity index (χ0v) is 16.5. The number of morpholine rings is 1. The molecule has 2 aromatic heterocycles. The molecule has 0 atom stereocenters. The van der Waals surface area contributed by atoms with Crippen molar-refractivity contribution in [3.05, 3.63) is 46.7 Å². The van der Waals surface area contributed by atoms with Gasteiger partial charge in [-0.15, -0.1) is 0 Å². The number of nitrogens with one attached hydrogen (secondary N) is 2. The fraction of sp³-hybridized carbons (Fsp3) is 0.400. The summed E-state index contributed by atoms with van der Waals surface area (Å²) in [5.74, 6) is 0.964. The van der Waals surface area contributed by atoms with Crippen LogP contribution in [0.5, 0.6) is 0 Å². The number of hydrogen-bond acceptors (Lipinski definition) is 4. The molecule has 0 radical (unpaired) electrons. The number of hydrogen-bond donors (Lipinski definition) is 2. The zero-order valence-electron chi connectivity index (χ0n) is 15.8. The Kier molecular flexibility index (Phi) is 5.29. The maximum absolute atomic E-state index is 6.44. The van der Waals surface area contributed by atoms with Crippen LogP contribution < -0.4 is 10.2 Å². The molecule has 7 heteroatoms. The summed E-state index contributed by atoms with van der Waals surface area (Å²) in [6.07, 6.45) is 0. The summed E-state index contributed by atoms with van der Waals surface area (Å²) in [6.45, 7) is 9.81. The molecule has 142 valence electrons. The molecule has 0 amide bonds. The fourth-order valence-corrected chi connectivity index (χ4v) is 3.86. The van der Waals surface area contributed by atoms with Gasteiger partial charge in [0.15, 0.2) is 5.65 Å². The van der Waals surface area contributed by atoms with E-state index in [0.29, 0.717) is 5.02 Å². The molecule has 6 nitrogen and oxygen atoms in total. The summed E-state index contributed by atoms with van der Waals surface area (Å²) in [6, 6.07) is 9.90. The number of aromatic nitrogens is 3. The lowest BCUT2D eigenvalue weighted by molar-refractivity contribution is -0.906. The van der Waals surface area contributed by atoms with E-state index in [0.717, 1.165) is 73.4 Å². The van der Waals surface area contributed by atoms with Crippen LogP contribution in [0.1, 0.15) is 11.4 Å². The van der Waals surface area contributed by atoms with Crippen molar-refractivity contribution >= 4 is 23.1 Å². The first-order valence-electron chi connectivity index (χ1n) is 9.40. The molecule has 3 aromatic rings. The molecule has 27 heavy (non-hydrogen) atoms. The van der Waals surface area contributed by atoms with Gasteiger partial charge in [0.25, 0.3) is 0 Å². The smallest absolute Gasteiger partial charge is 0.165 e. The van der Waals surface area contributed by atoms with Gasteiger partial charge < -0.3 is 15.0 Å². The van der Waals surface area contributed by atoms with Gasteiger partial charge in [-0.2, -0.15) is 9.61 Å². The molecule has 2 N–H and O–H groups in total. The second kappa shape index (κ2) is 7.84. The Hall–Kier alpha value is -2.15. The van der Waals surface area contributed by atoms with E-state index in [1.165, 1.54) is 0 Å². The molecule has 1 aliphatic heterocycles. The van der Waals surface area contributed by atoms with Gasteiger partial charge in [-0.25, -0.2) is 4.98 Å². The first kappa shape index (κ1) is 18.2. The van der Waals surface area contributed by atoms with Crippen LogP contribution in [-0.2, 0) is 4.74 Å². The van der Waals surface area contributed by atoms with Gasteiger partial charge in [-0.05, 0) is 19.9 Å². The molecule has 1 aliphatic rings. The quantitative estimate of drug-likeness (QED) is 0.704. The Morgan fingerprint density at radius 1 is 1.22 bits per heavy atom. The number of halogens is 1. The van der Waals surface area contributed by atoms with E-state index in [9.17, 15) is 0 Å². The van der Waals surface area contributed by atoms with Crippen LogP contribution in [0.3, 0.4) is 0 Å². The third-order valence-corrected chi connectivity index (χ3v) is 5.35. The standard InChI is InChI=1S/C20H24ClN5O/c1-14-13-18(22-7-8-25-9-11-27-12-10-25)26-20(23-14)19(15(2)24-26)16-5-3-4-6-17(16)21/h3-6,13,22H,7-12H2,1-2H3/p+1. The second-order valence-corrected chi connectivity index (χ2v) is 7.40. The van der Waals surface area contributed by atoms with E-state index in [1.807, 2.05) is 48.7 Å². The third kappa shape index (κ3) is 3.78. The number of fused-ring (bicyclic) bond motifs is 1. The third-order valence-electron chi connectivity index (χ3n) is 5.02. The van der Waals surface area contributed by atoms with Crippen molar-refractivity contribution < 1.29 is 9.64 Å². The average Bonchev–Trinajstić information content (AvgIpc) is 2.99. The number of rotatable bonds is 5. The second-order valence-electron chi connectivity index (χ2n) is 7.00. The molecule has 4 rings (SSSR count). The van der Waals surface area contributed by atoms with Crippen LogP contribution >= 0.6 is 11.6 Å². The van der Waals surface area contributed by atoms with Crippen LogP contribution in [0.2, 0.25) is 5.02 Å². The number of benzene rings is 1. The maximum atomic E-state index is 6.44. The van der Waals surface area contributed by atoms with Gasteiger partial charge in [-0.1, -0.05) is 29.8 Å². The van der Waals surface area contributed by atoms with Gasteiger partial charge in [-0.3, -0.25) is 0 Å². The molecule has 0 saturated carbocycles. The first-order chi connectivity index (χ1) is 13.1. The van der Waals surface area contributed by atoms with E-state index < -0.39 is 0 Å². The van der Waals surface area contributed by atoms with Gasteiger partial charge in [0.1, 0.15) is 18.9 Å². The molecule has 3 heterocycles. The molecule has 1 fully saturated rings. The van der Waals surface area contributed by atoms with E-state index >= 15 is 0 Å². The van der Waals surface area contributed by atoms with Crippen molar-refractivity contribution in [3.8, 4) is 11.1 Å². The average molecular weight is 387 g/mol. The van der Waals surface area contributed by atoms with Crippen LogP contribution in [0.25, 0.3) is 16.8 Å². The molecule has 0 spiro atoms. The molecule has 1 saturated heterocycles. The molecule has 0 unspecified atom stereocenters. The Morgan fingerprint density at radius 3 is 2.78 bits per heavy atom. The topological polar surface area (TPSA) is 55.9 Å². The lowest BCUT2D eigenvalue weighted by Gasteiger charge is -2.23. The minimum Gasteiger partial charge on any atom is -0.370 e. The van der Waals surface area contributed by atoms with Gasteiger partial charge >= 0.3 is 0 Å². The summed E-state index contributed by atoms with van der Waals surface area (Å²) < 4.78 is 7.33. The number of ether oxygens (including phenoxy) is 1. The van der Waals surface area contributed by atoms with Crippen molar-refractivity contribution in [2.45, 2.75) is 13.8 Å². The van der Waals surface area contributed by atoms with Crippen molar-refractivity contribution in [3.63, 3.8) is 0 Å². The molecule has 0 aliphatic carbocycles. The highest BCUT2D eigenvalue weighted by Crippen LogP contribution is 2.33. The van der Waals surface area contributed by atoms with E-state index in [4.69, 9.17) is 26.4 Å². The highest BCUT2D eigenvalue weighted by Gasteiger charge is 2.18. The predicted molar refractivity (Wildman–Crippen MR) is 108 cm³/mol.